The predicted molar refractivity (Wildman–Crippen MR) is 104 cm³/mol. The molecule has 3 heterocycles. The van der Waals surface area contributed by atoms with E-state index in [2.05, 4.69) is 31.8 Å². The fourth-order valence-corrected chi connectivity index (χ4v) is 5.02. The molecular weight excluding hydrogens is 352 g/mol. The van der Waals surface area contributed by atoms with Crippen molar-refractivity contribution in [1.82, 2.24) is 19.4 Å². The van der Waals surface area contributed by atoms with Crippen LogP contribution in [-0.2, 0) is 10.0 Å². The van der Waals surface area contributed by atoms with Crippen molar-refractivity contribution in [2.45, 2.75) is 20.3 Å². The zero-order chi connectivity index (χ0) is 18.6. The van der Waals surface area contributed by atoms with Crippen LogP contribution >= 0.6 is 0 Å². The van der Waals surface area contributed by atoms with Crippen molar-refractivity contribution in [3.63, 3.8) is 0 Å². The van der Waals surface area contributed by atoms with Crippen LogP contribution in [0.4, 0.5) is 11.6 Å². The summed E-state index contributed by atoms with van der Waals surface area (Å²) < 4.78 is 25.9. The maximum Gasteiger partial charge on any atom is 0.214 e. The smallest absolute Gasteiger partial charge is 0.214 e. The Bertz CT molecular complexity index is 665. The molecule has 2 aliphatic heterocycles. The minimum atomic E-state index is -3.11. The van der Waals surface area contributed by atoms with Gasteiger partial charge in [0.1, 0.15) is 0 Å². The molecule has 8 nitrogen and oxygen atoms in total. The van der Waals surface area contributed by atoms with E-state index in [1.165, 1.54) is 0 Å². The van der Waals surface area contributed by atoms with Crippen LogP contribution in [0.2, 0.25) is 0 Å². The van der Waals surface area contributed by atoms with E-state index < -0.39 is 10.0 Å². The maximum atomic E-state index is 12.2. The molecule has 0 radical (unpaired) electrons. The van der Waals surface area contributed by atoms with Crippen LogP contribution in [-0.4, -0.2) is 92.5 Å². The SMILES string of the molecule is CCCS(=O)(=O)N1CCN(c2ccc(N3CCN(CC)CC3)nn2)CC1. The zero-order valence-electron chi connectivity index (χ0n) is 15.8. The van der Waals surface area contributed by atoms with Crippen molar-refractivity contribution in [1.29, 1.82) is 0 Å². The van der Waals surface area contributed by atoms with Crippen molar-refractivity contribution in [2.24, 2.45) is 0 Å². The van der Waals surface area contributed by atoms with Crippen molar-refractivity contribution in [2.75, 3.05) is 74.5 Å². The van der Waals surface area contributed by atoms with Gasteiger partial charge in [-0.25, -0.2) is 8.42 Å². The maximum absolute atomic E-state index is 12.2. The summed E-state index contributed by atoms with van der Waals surface area (Å²) in [7, 11) is -3.11. The summed E-state index contributed by atoms with van der Waals surface area (Å²) in [6.45, 7) is 11.6. The molecule has 0 unspecified atom stereocenters. The summed E-state index contributed by atoms with van der Waals surface area (Å²) in [4.78, 5) is 6.83. The number of hydrogen-bond donors (Lipinski definition) is 0. The molecule has 0 spiro atoms. The number of piperazine rings is 2. The third kappa shape index (κ3) is 4.44. The van der Waals surface area contributed by atoms with Crippen molar-refractivity contribution >= 4 is 21.7 Å². The quantitative estimate of drug-likeness (QED) is 0.708. The Morgan fingerprint density at radius 3 is 1.77 bits per heavy atom. The molecule has 26 heavy (non-hydrogen) atoms. The number of nitrogens with zero attached hydrogens (tertiary/aromatic N) is 6. The molecule has 0 amide bonds. The van der Waals surface area contributed by atoms with Crippen LogP contribution in [0.25, 0.3) is 0 Å². The van der Waals surface area contributed by atoms with E-state index in [1.807, 2.05) is 19.1 Å². The Morgan fingerprint density at radius 2 is 1.35 bits per heavy atom. The molecule has 2 saturated heterocycles. The van der Waals surface area contributed by atoms with E-state index in [1.54, 1.807) is 4.31 Å². The third-order valence-electron chi connectivity index (χ3n) is 5.20. The highest BCUT2D eigenvalue weighted by Crippen LogP contribution is 2.19. The first-order valence-corrected chi connectivity index (χ1v) is 11.2. The lowest BCUT2D eigenvalue weighted by Gasteiger charge is -2.35. The molecule has 0 atom stereocenters. The van der Waals surface area contributed by atoms with Gasteiger partial charge in [-0.1, -0.05) is 13.8 Å². The molecule has 1 aromatic heterocycles. The first-order valence-electron chi connectivity index (χ1n) is 9.57. The van der Waals surface area contributed by atoms with Gasteiger partial charge in [0.05, 0.1) is 5.75 Å². The summed E-state index contributed by atoms with van der Waals surface area (Å²) in [6.07, 6.45) is 0.655. The molecule has 0 aromatic carbocycles. The van der Waals surface area contributed by atoms with Gasteiger partial charge in [0.25, 0.3) is 0 Å². The van der Waals surface area contributed by atoms with Crippen molar-refractivity contribution in [3.8, 4) is 0 Å². The minimum absolute atomic E-state index is 0.229. The van der Waals surface area contributed by atoms with Crippen molar-refractivity contribution in [3.05, 3.63) is 12.1 Å². The third-order valence-corrected chi connectivity index (χ3v) is 7.27. The monoisotopic (exact) mass is 382 g/mol. The molecule has 146 valence electrons. The van der Waals surface area contributed by atoms with Gasteiger partial charge in [0, 0.05) is 52.4 Å². The molecule has 3 rings (SSSR count). The normalized spacial score (nSPS) is 20.5. The summed E-state index contributed by atoms with van der Waals surface area (Å²) in [5.41, 5.74) is 0. The van der Waals surface area contributed by atoms with Crippen LogP contribution in [0, 0.1) is 0 Å². The lowest BCUT2D eigenvalue weighted by Crippen LogP contribution is -2.49. The topological polar surface area (TPSA) is 72.9 Å². The zero-order valence-corrected chi connectivity index (χ0v) is 16.7. The lowest BCUT2D eigenvalue weighted by molar-refractivity contribution is 0.270. The summed E-state index contributed by atoms with van der Waals surface area (Å²) in [5.74, 6) is 1.98. The Kier molecular flexibility index (Phi) is 6.31. The fourth-order valence-electron chi connectivity index (χ4n) is 3.53. The van der Waals surface area contributed by atoms with E-state index in [9.17, 15) is 8.42 Å². The van der Waals surface area contributed by atoms with E-state index in [4.69, 9.17) is 0 Å². The largest absolute Gasteiger partial charge is 0.353 e. The predicted octanol–water partition coefficient (Wildman–Crippen LogP) is 0.480. The highest BCUT2D eigenvalue weighted by molar-refractivity contribution is 7.89. The van der Waals surface area contributed by atoms with Gasteiger partial charge in [-0.05, 0) is 25.1 Å². The van der Waals surface area contributed by atoms with Gasteiger partial charge in [0.2, 0.25) is 10.0 Å². The minimum Gasteiger partial charge on any atom is -0.353 e. The van der Waals surface area contributed by atoms with Crippen LogP contribution in [0.1, 0.15) is 20.3 Å². The second kappa shape index (κ2) is 8.49. The highest BCUT2D eigenvalue weighted by Gasteiger charge is 2.27. The standard InChI is InChI=1S/C17H30N6O2S/c1-3-15-26(24,25)23-13-11-22(12-14-23)17-6-5-16(18-19-17)21-9-7-20(4-2)8-10-21/h5-6H,3-4,7-15H2,1-2H3. The number of aromatic nitrogens is 2. The molecular formula is C17H30N6O2S. The van der Waals surface area contributed by atoms with Crippen LogP contribution in [0.15, 0.2) is 12.1 Å². The van der Waals surface area contributed by atoms with Crippen LogP contribution in [0.3, 0.4) is 0 Å². The van der Waals surface area contributed by atoms with Gasteiger partial charge >= 0.3 is 0 Å². The molecule has 0 aliphatic carbocycles. The second-order valence-corrected chi connectivity index (χ2v) is 8.96. The average Bonchev–Trinajstić information content (AvgIpc) is 2.68. The summed E-state index contributed by atoms with van der Waals surface area (Å²) in [5, 5.41) is 8.80. The van der Waals surface area contributed by atoms with E-state index in [0.29, 0.717) is 32.6 Å². The Labute approximate surface area is 156 Å². The molecule has 2 aliphatic rings. The van der Waals surface area contributed by atoms with Crippen molar-refractivity contribution < 1.29 is 8.42 Å². The number of anilines is 2. The van der Waals surface area contributed by atoms with Crippen LogP contribution in [0.5, 0.6) is 0 Å². The molecule has 0 N–H and O–H groups in total. The van der Waals surface area contributed by atoms with E-state index in [0.717, 1.165) is 44.4 Å². The molecule has 9 heteroatoms. The number of rotatable bonds is 6. The van der Waals surface area contributed by atoms with Gasteiger partial charge in [-0.3, -0.25) is 0 Å². The molecule has 2 fully saturated rings. The molecule has 0 bridgehead atoms. The number of likely N-dealkylation sites (N-methyl/N-ethyl adjacent to an activating group) is 1. The van der Waals surface area contributed by atoms with Gasteiger partial charge in [0.15, 0.2) is 11.6 Å². The Hall–Kier alpha value is -1.45. The second-order valence-electron chi connectivity index (χ2n) is 6.87. The van der Waals surface area contributed by atoms with Crippen LogP contribution < -0.4 is 9.80 Å². The van der Waals surface area contributed by atoms with Gasteiger partial charge in [-0.2, -0.15) is 4.31 Å². The molecule has 0 saturated carbocycles. The number of sulfonamides is 1. The van der Waals surface area contributed by atoms with E-state index in [-0.39, 0.29) is 5.75 Å². The highest BCUT2D eigenvalue weighted by atomic mass is 32.2. The first-order chi connectivity index (χ1) is 12.5. The Morgan fingerprint density at radius 1 is 0.846 bits per heavy atom. The van der Waals surface area contributed by atoms with Gasteiger partial charge in [-0.15, -0.1) is 10.2 Å². The fraction of sp³-hybridized carbons (Fsp3) is 0.765. The number of hydrogen-bond acceptors (Lipinski definition) is 7. The molecule has 1 aromatic rings. The van der Waals surface area contributed by atoms with E-state index >= 15 is 0 Å². The summed E-state index contributed by atoms with van der Waals surface area (Å²) >= 11 is 0. The summed E-state index contributed by atoms with van der Waals surface area (Å²) in [6, 6.07) is 4.04. The lowest BCUT2D eigenvalue weighted by atomic mass is 10.3. The van der Waals surface area contributed by atoms with Gasteiger partial charge < -0.3 is 14.7 Å². The Balaban J connectivity index is 1.55. The first kappa shape index (κ1) is 19.3. The average molecular weight is 383 g/mol.